The molecule has 0 radical (unpaired) electrons. The average Bonchev–Trinajstić information content (AvgIpc) is 2.56. The number of nitrogens with one attached hydrogen (secondary N) is 2. The quantitative estimate of drug-likeness (QED) is 0.858. The van der Waals surface area contributed by atoms with Crippen molar-refractivity contribution in [2.75, 3.05) is 51.2 Å². The van der Waals surface area contributed by atoms with Gasteiger partial charge < -0.3 is 15.4 Å². The summed E-state index contributed by atoms with van der Waals surface area (Å²) < 4.78 is 5.38. The lowest BCUT2D eigenvalue weighted by Gasteiger charge is -2.47. The number of fused-ring (bicyclic) bond motifs is 3. The van der Waals surface area contributed by atoms with E-state index in [0.717, 1.165) is 44.2 Å². The highest BCUT2D eigenvalue weighted by molar-refractivity contribution is 5.89. The molecule has 1 unspecified atom stereocenters. The summed E-state index contributed by atoms with van der Waals surface area (Å²) in [4.78, 5) is 16.9. The fourth-order valence-electron chi connectivity index (χ4n) is 3.11. The van der Waals surface area contributed by atoms with Crippen molar-refractivity contribution in [3.8, 4) is 5.75 Å². The number of rotatable bonds is 5. The zero-order valence-electron chi connectivity index (χ0n) is 13.0. The van der Waals surface area contributed by atoms with Crippen LogP contribution in [0.5, 0.6) is 5.75 Å². The van der Waals surface area contributed by atoms with E-state index in [1.54, 1.807) is 0 Å². The van der Waals surface area contributed by atoms with Gasteiger partial charge in [0.25, 0.3) is 0 Å². The van der Waals surface area contributed by atoms with Gasteiger partial charge in [0.1, 0.15) is 5.75 Å². The Kier molecular flexibility index (Phi) is 4.80. The van der Waals surface area contributed by atoms with Gasteiger partial charge in [-0.3, -0.25) is 9.80 Å². The molecule has 6 heteroatoms. The number of hydrogen-bond acceptors (Lipinski definition) is 4. The molecule has 3 heterocycles. The second kappa shape index (κ2) is 6.98. The van der Waals surface area contributed by atoms with Gasteiger partial charge in [0.15, 0.2) is 0 Å². The standard InChI is InChI=1S/C16H24N4O2/c1-2-22-15-5-3-13(4-6-15)18-16(21)17-11-14-12-19-7-9-20(14)10-8-19/h3-6,14H,2,7-12H2,1H3,(H2,17,18,21). The van der Waals surface area contributed by atoms with Gasteiger partial charge in [-0.25, -0.2) is 4.79 Å². The second-order valence-corrected chi connectivity index (χ2v) is 5.78. The number of benzene rings is 1. The normalized spacial score (nSPS) is 26.5. The van der Waals surface area contributed by atoms with Gasteiger partial charge in [0.05, 0.1) is 6.61 Å². The molecule has 3 aliphatic heterocycles. The molecule has 4 rings (SSSR count). The van der Waals surface area contributed by atoms with Crippen LogP contribution in [0.15, 0.2) is 24.3 Å². The molecule has 3 saturated heterocycles. The van der Waals surface area contributed by atoms with E-state index in [-0.39, 0.29) is 6.03 Å². The van der Waals surface area contributed by atoms with Crippen LogP contribution in [0.2, 0.25) is 0 Å². The van der Waals surface area contributed by atoms with E-state index in [1.165, 1.54) is 0 Å². The number of anilines is 1. The molecule has 1 aromatic carbocycles. The summed E-state index contributed by atoms with van der Waals surface area (Å²) >= 11 is 0. The summed E-state index contributed by atoms with van der Waals surface area (Å²) in [5, 5.41) is 5.83. The number of amides is 2. The minimum atomic E-state index is -0.151. The molecule has 22 heavy (non-hydrogen) atoms. The monoisotopic (exact) mass is 304 g/mol. The number of urea groups is 1. The largest absolute Gasteiger partial charge is 0.494 e. The van der Waals surface area contributed by atoms with Crippen molar-refractivity contribution in [2.45, 2.75) is 13.0 Å². The lowest BCUT2D eigenvalue weighted by Crippen LogP contribution is -2.63. The number of piperazine rings is 3. The Morgan fingerprint density at radius 1 is 1.23 bits per heavy atom. The highest BCUT2D eigenvalue weighted by Crippen LogP contribution is 2.16. The fourth-order valence-corrected chi connectivity index (χ4v) is 3.11. The SMILES string of the molecule is CCOc1ccc(NC(=O)NCC2CN3CCN2CC3)cc1. The van der Waals surface area contributed by atoms with E-state index in [9.17, 15) is 4.79 Å². The summed E-state index contributed by atoms with van der Waals surface area (Å²) in [6.45, 7) is 8.90. The third-order valence-electron chi connectivity index (χ3n) is 4.31. The van der Waals surface area contributed by atoms with Crippen molar-refractivity contribution in [1.29, 1.82) is 0 Å². The van der Waals surface area contributed by atoms with Crippen LogP contribution in [-0.4, -0.2) is 67.7 Å². The number of carbonyl (C=O) groups excluding carboxylic acids is 1. The summed E-state index contributed by atoms with van der Waals surface area (Å²) in [5.74, 6) is 0.813. The highest BCUT2D eigenvalue weighted by Gasteiger charge is 2.31. The third kappa shape index (κ3) is 3.69. The first-order chi connectivity index (χ1) is 10.7. The molecular weight excluding hydrogens is 280 g/mol. The van der Waals surface area contributed by atoms with Crippen LogP contribution in [0.1, 0.15) is 6.92 Å². The predicted molar refractivity (Wildman–Crippen MR) is 86.4 cm³/mol. The summed E-state index contributed by atoms with van der Waals surface area (Å²) in [6, 6.07) is 7.71. The van der Waals surface area contributed by atoms with E-state index in [0.29, 0.717) is 19.2 Å². The number of carbonyl (C=O) groups is 1. The summed E-state index contributed by atoms with van der Waals surface area (Å²) in [7, 11) is 0. The first kappa shape index (κ1) is 15.1. The van der Waals surface area contributed by atoms with Crippen molar-refractivity contribution in [3.05, 3.63) is 24.3 Å². The van der Waals surface area contributed by atoms with Crippen molar-refractivity contribution < 1.29 is 9.53 Å². The molecule has 3 fully saturated rings. The van der Waals surface area contributed by atoms with Gasteiger partial charge in [-0.1, -0.05) is 0 Å². The van der Waals surface area contributed by atoms with Gasteiger partial charge in [-0.05, 0) is 31.2 Å². The number of ether oxygens (including phenoxy) is 1. The molecule has 0 spiro atoms. The first-order valence-corrected chi connectivity index (χ1v) is 7.98. The zero-order valence-corrected chi connectivity index (χ0v) is 13.0. The molecule has 3 aliphatic rings. The van der Waals surface area contributed by atoms with E-state index < -0.39 is 0 Å². The predicted octanol–water partition coefficient (Wildman–Crippen LogP) is 1.21. The Labute approximate surface area is 131 Å². The van der Waals surface area contributed by atoms with Crippen LogP contribution in [0.25, 0.3) is 0 Å². The Morgan fingerprint density at radius 2 is 1.95 bits per heavy atom. The number of nitrogens with zero attached hydrogens (tertiary/aromatic N) is 2. The molecule has 2 bridgehead atoms. The molecular formula is C16H24N4O2. The van der Waals surface area contributed by atoms with Gasteiger partial charge in [0.2, 0.25) is 0 Å². The Bertz CT molecular complexity index is 497. The van der Waals surface area contributed by atoms with E-state index in [4.69, 9.17) is 4.74 Å². The molecule has 0 aromatic heterocycles. The topological polar surface area (TPSA) is 56.8 Å². The van der Waals surface area contributed by atoms with Gasteiger partial charge in [-0.2, -0.15) is 0 Å². The zero-order chi connectivity index (χ0) is 15.4. The van der Waals surface area contributed by atoms with Crippen LogP contribution in [-0.2, 0) is 0 Å². The van der Waals surface area contributed by atoms with E-state index >= 15 is 0 Å². The summed E-state index contributed by atoms with van der Waals surface area (Å²) in [6.07, 6.45) is 0. The van der Waals surface area contributed by atoms with Crippen LogP contribution in [0.3, 0.4) is 0 Å². The Balaban J connectivity index is 1.44. The molecule has 2 N–H and O–H groups in total. The first-order valence-electron chi connectivity index (χ1n) is 7.98. The van der Waals surface area contributed by atoms with E-state index in [1.807, 2.05) is 31.2 Å². The molecule has 1 atom stereocenters. The van der Waals surface area contributed by atoms with E-state index in [2.05, 4.69) is 20.4 Å². The maximum atomic E-state index is 12.0. The van der Waals surface area contributed by atoms with Crippen molar-refractivity contribution >= 4 is 11.7 Å². The van der Waals surface area contributed by atoms with Gasteiger partial charge >= 0.3 is 6.03 Å². The lowest BCUT2D eigenvalue weighted by molar-refractivity contribution is 0.0149. The third-order valence-corrected chi connectivity index (χ3v) is 4.31. The Morgan fingerprint density at radius 3 is 2.55 bits per heavy atom. The number of hydrogen-bond donors (Lipinski definition) is 2. The maximum Gasteiger partial charge on any atom is 0.319 e. The average molecular weight is 304 g/mol. The van der Waals surface area contributed by atoms with Crippen LogP contribution >= 0.6 is 0 Å². The molecule has 6 nitrogen and oxygen atoms in total. The van der Waals surface area contributed by atoms with Crippen LogP contribution in [0.4, 0.5) is 10.5 Å². The van der Waals surface area contributed by atoms with Gasteiger partial charge in [0, 0.05) is 51.0 Å². The van der Waals surface area contributed by atoms with Crippen molar-refractivity contribution in [1.82, 2.24) is 15.1 Å². The summed E-state index contributed by atoms with van der Waals surface area (Å²) in [5.41, 5.74) is 0.773. The van der Waals surface area contributed by atoms with Crippen molar-refractivity contribution in [3.63, 3.8) is 0 Å². The van der Waals surface area contributed by atoms with Crippen LogP contribution < -0.4 is 15.4 Å². The molecule has 120 valence electrons. The Hall–Kier alpha value is -1.79. The maximum absolute atomic E-state index is 12.0. The highest BCUT2D eigenvalue weighted by atomic mass is 16.5. The fraction of sp³-hybridized carbons (Fsp3) is 0.562. The van der Waals surface area contributed by atoms with Crippen molar-refractivity contribution in [2.24, 2.45) is 0 Å². The molecule has 0 saturated carbocycles. The second-order valence-electron chi connectivity index (χ2n) is 5.78. The smallest absolute Gasteiger partial charge is 0.319 e. The molecule has 0 aliphatic carbocycles. The van der Waals surface area contributed by atoms with Gasteiger partial charge in [-0.15, -0.1) is 0 Å². The molecule has 2 amide bonds. The van der Waals surface area contributed by atoms with Crippen LogP contribution in [0, 0.1) is 0 Å². The minimum absolute atomic E-state index is 0.151. The molecule has 1 aromatic rings. The minimum Gasteiger partial charge on any atom is -0.494 e. The lowest BCUT2D eigenvalue weighted by atomic mass is 10.1.